The van der Waals surface area contributed by atoms with E-state index in [1.54, 1.807) is 23.6 Å². The van der Waals surface area contributed by atoms with Crippen molar-refractivity contribution < 1.29 is 13.2 Å². The summed E-state index contributed by atoms with van der Waals surface area (Å²) in [5.74, 6) is -0.584. The first kappa shape index (κ1) is 22.9. The van der Waals surface area contributed by atoms with Crippen LogP contribution in [0.25, 0.3) is 0 Å². The molecular formula is C21H16ClN5O3S3. The minimum Gasteiger partial charge on any atom is -0.331 e. The molecule has 0 bridgehead atoms. The highest BCUT2D eigenvalue weighted by Crippen LogP contribution is 2.28. The highest BCUT2D eigenvalue weighted by atomic mass is 35.5. The molecule has 168 valence electrons. The third-order valence-electron chi connectivity index (χ3n) is 4.16. The minimum absolute atomic E-state index is 0.122. The molecule has 8 nitrogen and oxygen atoms in total. The first-order valence-electron chi connectivity index (χ1n) is 9.39. The van der Waals surface area contributed by atoms with Crippen LogP contribution in [0.5, 0.6) is 0 Å². The Hall–Kier alpha value is -3.25. The summed E-state index contributed by atoms with van der Waals surface area (Å²) in [5.41, 5.74) is 3.52. The predicted octanol–water partition coefficient (Wildman–Crippen LogP) is 5.17. The molecule has 0 aliphatic heterocycles. The van der Waals surface area contributed by atoms with E-state index in [0.29, 0.717) is 10.0 Å². The fourth-order valence-electron chi connectivity index (χ4n) is 2.68. The largest absolute Gasteiger partial charge is 0.331 e. The van der Waals surface area contributed by atoms with Gasteiger partial charge in [0.2, 0.25) is 0 Å². The normalized spacial score (nSPS) is 11.4. The Kier molecular flexibility index (Phi) is 7.04. The summed E-state index contributed by atoms with van der Waals surface area (Å²) < 4.78 is 27.6. The van der Waals surface area contributed by atoms with E-state index in [2.05, 4.69) is 25.6 Å². The van der Waals surface area contributed by atoms with E-state index in [0.717, 1.165) is 17.0 Å². The van der Waals surface area contributed by atoms with Crippen LogP contribution in [-0.4, -0.2) is 25.5 Å². The molecule has 0 unspecified atom stereocenters. The van der Waals surface area contributed by atoms with E-state index in [9.17, 15) is 13.2 Å². The van der Waals surface area contributed by atoms with Crippen LogP contribution in [0.2, 0.25) is 5.15 Å². The Bertz CT molecular complexity index is 1390. The third-order valence-corrected chi connectivity index (χ3v) is 8.23. The second-order valence-electron chi connectivity index (χ2n) is 6.45. The van der Waals surface area contributed by atoms with Gasteiger partial charge in [-0.1, -0.05) is 59.3 Å². The number of hydrogen-bond donors (Lipinski definition) is 3. The number of halogens is 1. The van der Waals surface area contributed by atoms with Gasteiger partial charge in [0.1, 0.15) is 4.21 Å². The molecule has 3 N–H and O–H groups in total. The van der Waals surface area contributed by atoms with Gasteiger partial charge in [-0.3, -0.25) is 9.52 Å². The van der Waals surface area contributed by atoms with Gasteiger partial charge < -0.3 is 5.32 Å². The van der Waals surface area contributed by atoms with Crippen LogP contribution in [0, 0.1) is 0 Å². The van der Waals surface area contributed by atoms with Crippen molar-refractivity contribution >= 4 is 72.9 Å². The second-order valence-corrected chi connectivity index (χ2v) is 10.7. The van der Waals surface area contributed by atoms with Crippen LogP contribution in [0.4, 0.5) is 16.5 Å². The van der Waals surface area contributed by atoms with Crippen molar-refractivity contribution in [1.29, 1.82) is 0 Å². The highest BCUT2D eigenvalue weighted by molar-refractivity contribution is 7.94. The molecule has 0 fully saturated rings. The average Bonchev–Trinajstić information content (AvgIpc) is 3.45. The molecule has 2 aromatic carbocycles. The van der Waals surface area contributed by atoms with Crippen molar-refractivity contribution in [3.8, 4) is 0 Å². The number of thiazole rings is 1. The summed E-state index contributed by atoms with van der Waals surface area (Å²) in [6.07, 6.45) is 1.38. The van der Waals surface area contributed by atoms with Gasteiger partial charge in [0.25, 0.3) is 15.9 Å². The van der Waals surface area contributed by atoms with Gasteiger partial charge in [-0.05, 0) is 35.7 Å². The smallest absolute Gasteiger partial charge is 0.273 e. The maximum Gasteiger partial charge on any atom is 0.273 e. The molecule has 0 aliphatic rings. The van der Waals surface area contributed by atoms with Gasteiger partial charge >= 0.3 is 0 Å². The molecule has 4 rings (SSSR count). The van der Waals surface area contributed by atoms with Crippen LogP contribution >= 0.6 is 34.3 Å². The summed E-state index contributed by atoms with van der Waals surface area (Å²) in [5, 5.41) is 9.56. The number of aromatic nitrogens is 1. The predicted molar refractivity (Wildman–Crippen MR) is 133 cm³/mol. The van der Waals surface area contributed by atoms with Gasteiger partial charge in [-0.15, -0.1) is 11.3 Å². The number of nitrogens with one attached hydrogen (secondary N) is 3. The number of amides is 1. The maximum absolute atomic E-state index is 12.6. The van der Waals surface area contributed by atoms with Gasteiger partial charge in [0.05, 0.1) is 22.3 Å². The first-order valence-corrected chi connectivity index (χ1v) is 13.0. The van der Waals surface area contributed by atoms with E-state index in [4.69, 9.17) is 11.6 Å². The molecule has 0 spiro atoms. The number of nitrogens with zero attached hydrogens (tertiary/aromatic N) is 2. The van der Waals surface area contributed by atoms with Crippen molar-refractivity contribution in [2.45, 2.75) is 4.21 Å². The summed E-state index contributed by atoms with van der Waals surface area (Å²) >= 11 is 8.52. The van der Waals surface area contributed by atoms with Crippen LogP contribution in [-0.2, 0) is 10.0 Å². The number of carbonyl (C=O) groups excluding carboxylic acids is 1. The number of sulfonamides is 1. The monoisotopic (exact) mass is 517 g/mol. The van der Waals surface area contributed by atoms with E-state index in [1.165, 1.54) is 35.8 Å². The number of para-hydroxylation sites is 2. The zero-order chi connectivity index (χ0) is 23.3. The summed E-state index contributed by atoms with van der Waals surface area (Å²) in [6, 6.07) is 18.9. The molecule has 0 atom stereocenters. The topological polar surface area (TPSA) is 113 Å². The SMILES string of the molecule is O=C(N/N=C\c1sc(Nc2ccccc2)nc1Cl)c1ccccc1NS(=O)(=O)c1cccs1. The summed E-state index contributed by atoms with van der Waals surface area (Å²) in [7, 11) is -3.80. The third kappa shape index (κ3) is 5.76. The van der Waals surface area contributed by atoms with Gasteiger partial charge in [0, 0.05) is 5.69 Å². The Balaban J connectivity index is 1.44. The van der Waals surface area contributed by atoms with E-state index >= 15 is 0 Å². The zero-order valence-electron chi connectivity index (χ0n) is 16.7. The lowest BCUT2D eigenvalue weighted by Crippen LogP contribution is -2.21. The number of thiophene rings is 1. The van der Waals surface area contributed by atoms with Crippen LogP contribution in [0.3, 0.4) is 0 Å². The molecule has 4 aromatic rings. The molecule has 0 aliphatic carbocycles. The minimum atomic E-state index is -3.80. The number of carbonyl (C=O) groups is 1. The number of anilines is 3. The van der Waals surface area contributed by atoms with Crippen molar-refractivity contribution in [3.05, 3.63) is 87.7 Å². The quantitative estimate of drug-likeness (QED) is 0.220. The highest BCUT2D eigenvalue weighted by Gasteiger charge is 2.19. The van der Waals surface area contributed by atoms with Crippen molar-refractivity contribution in [1.82, 2.24) is 10.4 Å². The molecule has 1 amide bonds. The Labute approximate surface area is 203 Å². The summed E-state index contributed by atoms with van der Waals surface area (Å²) in [4.78, 5) is 17.4. The Morgan fingerprint density at radius 2 is 1.79 bits per heavy atom. The van der Waals surface area contributed by atoms with Crippen molar-refractivity contribution in [2.75, 3.05) is 10.0 Å². The van der Waals surface area contributed by atoms with Crippen LogP contribution < -0.4 is 15.5 Å². The Morgan fingerprint density at radius 1 is 1.03 bits per heavy atom. The number of hydrogen-bond acceptors (Lipinski definition) is 8. The molecule has 33 heavy (non-hydrogen) atoms. The lowest BCUT2D eigenvalue weighted by molar-refractivity contribution is 0.0956. The van der Waals surface area contributed by atoms with Gasteiger partial charge in [-0.2, -0.15) is 5.10 Å². The lowest BCUT2D eigenvalue weighted by Gasteiger charge is -2.10. The first-order chi connectivity index (χ1) is 15.9. The average molecular weight is 518 g/mol. The zero-order valence-corrected chi connectivity index (χ0v) is 19.9. The standard InChI is InChI=1S/C21H16ClN5O3S3/c22-19-17(32-21(25-19)24-14-7-2-1-3-8-14)13-23-26-20(28)15-9-4-5-10-16(15)27-33(29,30)18-11-6-12-31-18/h1-13,27H,(H,24,25)(H,26,28)/b23-13-. The number of hydrazone groups is 1. The lowest BCUT2D eigenvalue weighted by atomic mass is 10.2. The molecule has 0 radical (unpaired) electrons. The molecular weight excluding hydrogens is 502 g/mol. The molecule has 2 aromatic heterocycles. The second kappa shape index (κ2) is 10.1. The molecule has 2 heterocycles. The molecule has 0 saturated carbocycles. The van der Waals surface area contributed by atoms with E-state index < -0.39 is 15.9 Å². The van der Waals surface area contributed by atoms with Crippen molar-refractivity contribution in [2.24, 2.45) is 5.10 Å². The van der Waals surface area contributed by atoms with E-state index in [1.807, 2.05) is 30.3 Å². The fraction of sp³-hybridized carbons (Fsp3) is 0. The molecule has 0 saturated heterocycles. The van der Waals surface area contributed by atoms with Crippen molar-refractivity contribution in [3.63, 3.8) is 0 Å². The van der Waals surface area contributed by atoms with Crippen LogP contribution in [0.1, 0.15) is 15.2 Å². The molecule has 12 heteroatoms. The Morgan fingerprint density at radius 3 is 2.55 bits per heavy atom. The summed E-state index contributed by atoms with van der Waals surface area (Å²) in [6.45, 7) is 0. The van der Waals surface area contributed by atoms with Gasteiger partial charge in [-0.25, -0.2) is 18.8 Å². The number of rotatable bonds is 8. The van der Waals surface area contributed by atoms with Gasteiger partial charge in [0.15, 0.2) is 10.3 Å². The maximum atomic E-state index is 12.6. The fourth-order valence-corrected chi connectivity index (χ4v) is 5.80. The number of benzene rings is 2. The van der Waals surface area contributed by atoms with Crippen LogP contribution in [0.15, 0.2) is 81.4 Å². The van der Waals surface area contributed by atoms with E-state index in [-0.39, 0.29) is 20.6 Å².